The standard InChI is InChI=1S/C23H46O2/c1-6-11-13-14-15-16-18-22(19-17-21-24-20-12-7-2)23(8-3,9-4)25-10-5/h12,20,22H,6-11,13-19,21H2,1-5H3. The lowest BCUT2D eigenvalue weighted by molar-refractivity contribution is -0.0942. The van der Waals surface area contributed by atoms with Crippen LogP contribution in [0.3, 0.4) is 0 Å². The largest absolute Gasteiger partial charge is 0.502 e. The molecule has 0 spiro atoms. The van der Waals surface area contributed by atoms with Crippen molar-refractivity contribution in [2.24, 2.45) is 5.92 Å². The first-order valence-corrected chi connectivity index (χ1v) is 11.1. The van der Waals surface area contributed by atoms with Crippen LogP contribution >= 0.6 is 0 Å². The SMILES string of the molecule is CCC=COCCCC(CCCCCCCC)C(CC)(CC)OCC. The normalized spacial score (nSPS) is 13.5. The Balaban J connectivity index is 4.49. The number of ether oxygens (including phenoxy) is 2. The lowest BCUT2D eigenvalue weighted by Gasteiger charge is -2.40. The maximum Gasteiger partial charge on any atom is 0.0873 e. The minimum Gasteiger partial charge on any atom is -0.502 e. The van der Waals surface area contributed by atoms with Gasteiger partial charge in [0.1, 0.15) is 0 Å². The highest BCUT2D eigenvalue weighted by Crippen LogP contribution is 2.36. The zero-order valence-electron chi connectivity index (χ0n) is 17.9. The first kappa shape index (κ1) is 24.5. The minimum atomic E-state index is 0.0669. The summed E-state index contributed by atoms with van der Waals surface area (Å²) in [6.45, 7) is 12.8. The average molecular weight is 355 g/mol. The lowest BCUT2D eigenvalue weighted by atomic mass is 9.77. The Morgan fingerprint density at radius 2 is 1.44 bits per heavy atom. The van der Waals surface area contributed by atoms with Crippen LogP contribution < -0.4 is 0 Å². The number of hydrogen-bond acceptors (Lipinski definition) is 2. The summed E-state index contributed by atoms with van der Waals surface area (Å²) in [4.78, 5) is 0. The van der Waals surface area contributed by atoms with Crippen molar-refractivity contribution < 1.29 is 9.47 Å². The number of hydrogen-bond donors (Lipinski definition) is 0. The average Bonchev–Trinajstić information content (AvgIpc) is 2.64. The lowest BCUT2D eigenvalue weighted by Crippen LogP contribution is -2.40. The first-order chi connectivity index (χ1) is 12.2. The van der Waals surface area contributed by atoms with Gasteiger partial charge in [0.05, 0.1) is 18.5 Å². The summed E-state index contributed by atoms with van der Waals surface area (Å²) in [5, 5.41) is 0. The van der Waals surface area contributed by atoms with Crippen LogP contribution in [0, 0.1) is 5.92 Å². The summed E-state index contributed by atoms with van der Waals surface area (Å²) >= 11 is 0. The number of rotatable bonds is 18. The van der Waals surface area contributed by atoms with Gasteiger partial charge >= 0.3 is 0 Å². The van der Waals surface area contributed by atoms with Crippen LogP contribution in [0.15, 0.2) is 12.3 Å². The maximum atomic E-state index is 6.33. The van der Waals surface area contributed by atoms with E-state index < -0.39 is 0 Å². The van der Waals surface area contributed by atoms with Crippen molar-refractivity contribution in [1.82, 2.24) is 0 Å². The van der Waals surface area contributed by atoms with Gasteiger partial charge in [-0.1, -0.05) is 72.3 Å². The molecular formula is C23H46O2. The van der Waals surface area contributed by atoms with Crippen molar-refractivity contribution in [3.8, 4) is 0 Å². The van der Waals surface area contributed by atoms with Crippen molar-refractivity contribution in [1.29, 1.82) is 0 Å². The van der Waals surface area contributed by atoms with E-state index in [1.165, 1.54) is 51.4 Å². The van der Waals surface area contributed by atoms with E-state index in [4.69, 9.17) is 9.47 Å². The zero-order chi connectivity index (χ0) is 18.8. The Bertz CT molecular complexity index is 294. The molecule has 0 aromatic heterocycles. The highest BCUT2D eigenvalue weighted by atomic mass is 16.5. The van der Waals surface area contributed by atoms with E-state index in [0.717, 1.165) is 38.9 Å². The summed E-state index contributed by atoms with van der Waals surface area (Å²) in [7, 11) is 0. The topological polar surface area (TPSA) is 18.5 Å². The van der Waals surface area contributed by atoms with E-state index >= 15 is 0 Å². The Morgan fingerprint density at radius 1 is 0.800 bits per heavy atom. The summed E-state index contributed by atoms with van der Waals surface area (Å²) in [5.74, 6) is 0.660. The Morgan fingerprint density at radius 3 is 2.04 bits per heavy atom. The molecule has 0 fully saturated rings. The van der Waals surface area contributed by atoms with Crippen molar-refractivity contribution >= 4 is 0 Å². The van der Waals surface area contributed by atoms with Gasteiger partial charge < -0.3 is 9.47 Å². The van der Waals surface area contributed by atoms with Crippen LogP contribution in [0.4, 0.5) is 0 Å². The highest BCUT2D eigenvalue weighted by Gasteiger charge is 2.35. The van der Waals surface area contributed by atoms with Gasteiger partial charge in [-0.3, -0.25) is 0 Å². The third kappa shape index (κ3) is 10.9. The van der Waals surface area contributed by atoms with Crippen LogP contribution in [-0.4, -0.2) is 18.8 Å². The molecule has 0 amide bonds. The summed E-state index contributed by atoms with van der Waals surface area (Å²) in [5.41, 5.74) is 0.0669. The molecule has 2 nitrogen and oxygen atoms in total. The van der Waals surface area contributed by atoms with E-state index in [1.807, 2.05) is 6.26 Å². The van der Waals surface area contributed by atoms with Crippen LogP contribution in [-0.2, 0) is 9.47 Å². The molecule has 0 saturated heterocycles. The van der Waals surface area contributed by atoms with E-state index in [9.17, 15) is 0 Å². The van der Waals surface area contributed by atoms with Gasteiger partial charge in [0.25, 0.3) is 0 Å². The van der Waals surface area contributed by atoms with Gasteiger partial charge in [-0.2, -0.15) is 0 Å². The second-order valence-electron chi connectivity index (χ2n) is 7.25. The molecule has 2 heteroatoms. The predicted molar refractivity (Wildman–Crippen MR) is 111 cm³/mol. The molecule has 25 heavy (non-hydrogen) atoms. The van der Waals surface area contributed by atoms with Crippen LogP contribution in [0.5, 0.6) is 0 Å². The number of unbranched alkanes of at least 4 members (excludes halogenated alkanes) is 5. The molecule has 0 bridgehead atoms. The smallest absolute Gasteiger partial charge is 0.0873 e. The molecular weight excluding hydrogens is 308 g/mol. The molecule has 0 radical (unpaired) electrons. The Labute approximate surface area is 158 Å². The molecule has 1 unspecified atom stereocenters. The molecule has 1 atom stereocenters. The second kappa shape index (κ2) is 16.9. The molecule has 0 saturated carbocycles. The molecule has 0 aromatic rings. The van der Waals surface area contributed by atoms with Crippen molar-refractivity contribution in [2.75, 3.05) is 13.2 Å². The second-order valence-corrected chi connectivity index (χ2v) is 7.25. The quantitative estimate of drug-likeness (QED) is 0.186. The molecule has 0 aliphatic heterocycles. The van der Waals surface area contributed by atoms with Gasteiger partial charge in [-0.15, -0.1) is 0 Å². The Kier molecular flexibility index (Phi) is 16.6. The van der Waals surface area contributed by atoms with Gasteiger partial charge in [-0.05, 0) is 51.4 Å². The summed E-state index contributed by atoms with van der Waals surface area (Å²) in [6, 6.07) is 0. The van der Waals surface area contributed by atoms with Crippen molar-refractivity contribution in [2.45, 2.75) is 117 Å². The third-order valence-electron chi connectivity index (χ3n) is 5.52. The summed E-state index contributed by atoms with van der Waals surface area (Å²) in [6.07, 6.45) is 19.1. The third-order valence-corrected chi connectivity index (χ3v) is 5.52. The van der Waals surface area contributed by atoms with Gasteiger partial charge in [0, 0.05) is 6.61 Å². The molecule has 0 rings (SSSR count). The number of allylic oxidation sites excluding steroid dienone is 1. The monoisotopic (exact) mass is 354 g/mol. The molecule has 0 aromatic carbocycles. The first-order valence-electron chi connectivity index (χ1n) is 11.1. The van der Waals surface area contributed by atoms with Crippen molar-refractivity contribution in [3.05, 3.63) is 12.3 Å². The van der Waals surface area contributed by atoms with Gasteiger partial charge in [0.2, 0.25) is 0 Å². The van der Waals surface area contributed by atoms with Crippen LogP contribution in [0.25, 0.3) is 0 Å². The Hall–Kier alpha value is -0.500. The fraction of sp³-hybridized carbons (Fsp3) is 0.913. The van der Waals surface area contributed by atoms with E-state index in [1.54, 1.807) is 0 Å². The molecule has 0 heterocycles. The van der Waals surface area contributed by atoms with E-state index in [0.29, 0.717) is 5.92 Å². The summed E-state index contributed by atoms with van der Waals surface area (Å²) < 4.78 is 11.9. The van der Waals surface area contributed by atoms with E-state index in [-0.39, 0.29) is 5.60 Å². The van der Waals surface area contributed by atoms with Crippen LogP contribution in [0.1, 0.15) is 112 Å². The minimum absolute atomic E-state index is 0.0669. The van der Waals surface area contributed by atoms with E-state index in [2.05, 4.69) is 40.7 Å². The molecule has 0 aliphatic rings. The zero-order valence-corrected chi connectivity index (χ0v) is 17.9. The molecule has 0 aliphatic carbocycles. The maximum absolute atomic E-state index is 6.33. The predicted octanol–water partition coefficient (Wildman–Crippen LogP) is 7.67. The fourth-order valence-electron chi connectivity index (χ4n) is 3.92. The molecule has 150 valence electrons. The van der Waals surface area contributed by atoms with Crippen LogP contribution in [0.2, 0.25) is 0 Å². The van der Waals surface area contributed by atoms with Gasteiger partial charge in [0.15, 0.2) is 0 Å². The van der Waals surface area contributed by atoms with Gasteiger partial charge in [-0.25, -0.2) is 0 Å². The fourth-order valence-corrected chi connectivity index (χ4v) is 3.92. The molecule has 0 N–H and O–H groups in total. The van der Waals surface area contributed by atoms with Crippen molar-refractivity contribution in [3.63, 3.8) is 0 Å². The highest BCUT2D eigenvalue weighted by molar-refractivity contribution is 4.86.